The number of phosphoric acid groups is 1. The molecule has 0 bridgehead atoms. The SMILES string of the molecule is C#CC#CC#CC#CC(=O)OC[C@@H](COP(=O)([O-])[O-])OC(=O)CCCCCCCC.CC(N)=O.[HH].[HH].[HH].[HH].[HH].[HH].[HH].[Na+].[Na+]. The molecule has 10 nitrogen and oxygen atoms in total. The number of primary amides is 1. The number of hydrogen-bond acceptors (Lipinski definition) is 9. The summed E-state index contributed by atoms with van der Waals surface area (Å²) in [5, 5.41) is 0. The van der Waals surface area contributed by atoms with Gasteiger partial charge in [0.15, 0.2) is 6.10 Å². The zero-order valence-electron chi connectivity index (χ0n) is 21.2. The van der Waals surface area contributed by atoms with Crippen molar-refractivity contribution in [2.24, 2.45) is 5.73 Å². The number of nitrogens with two attached hydrogens (primary N) is 1. The Bertz CT molecular complexity index is 948. The Kier molecular flexibility index (Phi) is 33.0. The Morgan fingerprint density at radius 2 is 1.50 bits per heavy atom. The fourth-order valence-corrected chi connectivity index (χ4v) is 2.35. The molecule has 1 amide bonds. The number of amides is 1. The Morgan fingerprint density at radius 3 is 2.06 bits per heavy atom. The molecule has 2 N–H and O–H groups in total. The van der Waals surface area contributed by atoms with Gasteiger partial charge >= 0.3 is 71.1 Å². The Morgan fingerprint density at radius 1 is 0.972 bits per heavy atom. The third-order valence-corrected chi connectivity index (χ3v) is 3.80. The van der Waals surface area contributed by atoms with Crippen molar-refractivity contribution in [3.05, 3.63) is 0 Å². The second-order valence-corrected chi connectivity index (χ2v) is 7.63. The van der Waals surface area contributed by atoms with E-state index in [1.165, 1.54) is 6.92 Å². The van der Waals surface area contributed by atoms with Gasteiger partial charge in [-0.1, -0.05) is 39.0 Å². The number of hydrogen-bond donors (Lipinski definition) is 1. The first-order valence-corrected chi connectivity index (χ1v) is 11.7. The van der Waals surface area contributed by atoms with Crippen LogP contribution in [0.4, 0.5) is 0 Å². The van der Waals surface area contributed by atoms with E-state index in [4.69, 9.17) is 15.9 Å². The topological polar surface area (TPSA) is 168 Å². The van der Waals surface area contributed by atoms with Gasteiger partial charge in [-0.05, 0) is 41.9 Å². The number of unbranched alkanes of at least 4 members (excludes halogenated alkanes) is 5. The van der Waals surface area contributed by atoms with Crippen LogP contribution in [0.5, 0.6) is 0 Å². The molecule has 1 atom stereocenters. The van der Waals surface area contributed by atoms with Gasteiger partial charge in [-0.2, -0.15) is 0 Å². The van der Waals surface area contributed by atoms with Crippen molar-refractivity contribution >= 4 is 25.7 Å². The first-order chi connectivity index (χ1) is 16.0. The normalized spacial score (nSPS) is 9.53. The summed E-state index contributed by atoms with van der Waals surface area (Å²) in [6, 6.07) is 0. The number of phosphoric ester groups is 1. The summed E-state index contributed by atoms with van der Waals surface area (Å²) in [5.74, 6) is 13.3. The van der Waals surface area contributed by atoms with Gasteiger partial charge in [0.25, 0.3) is 0 Å². The molecule has 0 fully saturated rings. The first-order valence-electron chi connectivity index (χ1n) is 10.3. The average molecular weight is 554 g/mol. The van der Waals surface area contributed by atoms with Gasteiger partial charge in [0, 0.05) is 29.3 Å². The van der Waals surface area contributed by atoms with Gasteiger partial charge in [0.1, 0.15) is 6.61 Å². The van der Waals surface area contributed by atoms with Gasteiger partial charge in [-0.25, -0.2) is 4.79 Å². The van der Waals surface area contributed by atoms with Crippen molar-refractivity contribution in [3.8, 4) is 47.9 Å². The quantitative estimate of drug-likeness (QED) is 0.0595. The van der Waals surface area contributed by atoms with E-state index in [0.29, 0.717) is 6.42 Å². The number of rotatable bonds is 13. The van der Waals surface area contributed by atoms with Crippen LogP contribution in [-0.2, 0) is 32.9 Å². The second-order valence-electron chi connectivity index (χ2n) is 6.48. The molecule has 0 radical (unpaired) electrons. The summed E-state index contributed by atoms with van der Waals surface area (Å²) in [7, 11) is -5.28. The van der Waals surface area contributed by atoms with Crippen LogP contribution in [0.1, 0.15) is 68.8 Å². The number of esters is 2. The molecule has 0 aliphatic carbocycles. The van der Waals surface area contributed by atoms with E-state index >= 15 is 0 Å². The van der Waals surface area contributed by atoms with E-state index < -0.39 is 39.1 Å². The minimum Gasteiger partial charge on any atom is -0.790 e. The number of carbonyl (C=O) groups excluding carboxylic acids is 3. The van der Waals surface area contributed by atoms with E-state index in [9.17, 15) is 28.7 Å². The van der Waals surface area contributed by atoms with E-state index in [0.717, 1.165) is 32.1 Å². The maximum Gasteiger partial charge on any atom is 1.00 e. The number of carbonyl (C=O) groups is 3. The van der Waals surface area contributed by atoms with Crippen molar-refractivity contribution in [1.29, 1.82) is 0 Å². The van der Waals surface area contributed by atoms with E-state index in [-0.39, 0.29) is 81.4 Å². The predicted molar refractivity (Wildman–Crippen MR) is 134 cm³/mol. The zero-order chi connectivity index (χ0) is 26.2. The molecule has 0 spiro atoms. The van der Waals surface area contributed by atoms with Crippen molar-refractivity contribution in [2.75, 3.05) is 13.2 Å². The van der Waals surface area contributed by atoms with Crippen LogP contribution in [0, 0.1) is 47.9 Å². The third kappa shape index (κ3) is 37.3. The molecule has 0 heterocycles. The maximum absolute atomic E-state index is 11.9. The van der Waals surface area contributed by atoms with Crippen LogP contribution in [0.2, 0.25) is 0 Å². The summed E-state index contributed by atoms with van der Waals surface area (Å²) < 4.78 is 24.6. The minimum absolute atomic E-state index is 0. The molecule has 36 heavy (non-hydrogen) atoms. The summed E-state index contributed by atoms with van der Waals surface area (Å²) in [5.41, 5.74) is 4.47. The molecule has 0 aliphatic rings. The van der Waals surface area contributed by atoms with Gasteiger partial charge in [0.05, 0.1) is 14.4 Å². The van der Waals surface area contributed by atoms with Crippen LogP contribution in [0.25, 0.3) is 0 Å². The van der Waals surface area contributed by atoms with Crippen LogP contribution in [0.3, 0.4) is 0 Å². The minimum atomic E-state index is -5.28. The molecular formula is C23H42NNa2O9P. The molecule has 0 saturated heterocycles. The summed E-state index contributed by atoms with van der Waals surface area (Å²) in [6.07, 6.45) is 9.51. The Balaban J connectivity index is -0.0000000821. The van der Waals surface area contributed by atoms with E-state index in [1.54, 1.807) is 0 Å². The Hall–Kier alpha value is -1.24. The predicted octanol–water partition coefficient (Wildman–Crippen LogP) is -4.10. The smallest absolute Gasteiger partial charge is 0.790 e. The van der Waals surface area contributed by atoms with Crippen LogP contribution < -0.4 is 74.6 Å². The summed E-state index contributed by atoms with van der Waals surface area (Å²) in [6.45, 7) is 2.10. The fraction of sp³-hybridized carbons (Fsp3) is 0.522. The largest absolute Gasteiger partial charge is 1.00 e. The second kappa shape index (κ2) is 28.3. The molecule has 0 aromatic heterocycles. The molecule has 13 heteroatoms. The third-order valence-electron chi connectivity index (χ3n) is 3.34. The molecule has 0 aromatic carbocycles. The van der Waals surface area contributed by atoms with Crippen molar-refractivity contribution < 1.29 is 112 Å². The fourth-order valence-electron chi connectivity index (χ4n) is 2.00. The number of ether oxygens (including phenoxy) is 2. The molecular weight excluding hydrogens is 511 g/mol. The zero-order valence-corrected chi connectivity index (χ0v) is 26.1. The maximum atomic E-state index is 11.9. The van der Waals surface area contributed by atoms with Crippen molar-refractivity contribution in [3.63, 3.8) is 0 Å². The molecule has 0 aromatic rings. The van der Waals surface area contributed by atoms with E-state index in [2.05, 4.69) is 46.8 Å². The van der Waals surface area contributed by atoms with Crippen LogP contribution in [-0.4, -0.2) is 37.2 Å². The van der Waals surface area contributed by atoms with Crippen LogP contribution in [0.15, 0.2) is 0 Å². The van der Waals surface area contributed by atoms with Gasteiger partial charge in [-0.3, -0.25) is 9.59 Å². The first kappa shape index (κ1) is 41.9. The van der Waals surface area contributed by atoms with Gasteiger partial charge < -0.3 is 34.1 Å². The van der Waals surface area contributed by atoms with Gasteiger partial charge in [-0.15, -0.1) is 6.42 Å². The van der Waals surface area contributed by atoms with Crippen molar-refractivity contribution in [1.82, 2.24) is 0 Å². The molecule has 0 rings (SSSR count). The number of terminal acetylenes is 1. The molecule has 0 saturated carbocycles. The van der Waals surface area contributed by atoms with E-state index in [1.807, 2.05) is 11.8 Å². The average Bonchev–Trinajstić information content (AvgIpc) is 2.74. The van der Waals surface area contributed by atoms with Crippen LogP contribution >= 0.6 is 7.82 Å². The monoisotopic (exact) mass is 553 g/mol. The Labute approximate surface area is 267 Å². The van der Waals surface area contributed by atoms with Gasteiger partial charge in [0.2, 0.25) is 5.91 Å². The standard InChI is InChI=1S/C21H25O8P.C2H5NO.2Na.7H2/c1-3-5-7-9-11-13-15-20(22)27-17-19(18-28-30(24,25)26)29-21(23)16-14-12-10-8-6-4-2;1-2(3)4;;;;;;;;;/h1,19H,4,6,8,10,12,14,16-18H2,2H3,(H2,24,25,26);1H3,(H2,3,4);;;7*1H/q;;2*+1;;;;;;;/p-2/t19-;;;;;;;;;;/m0........../s1. The summed E-state index contributed by atoms with van der Waals surface area (Å²) >= 11 is 0. The molecule has 0 unspecified atom stereocenters. The molecule has 200 valence electrons. The molecule has 0 aliphatic heterocycles. The summed E-state index contributed by atoms with van der Waals surface area (Å²) in [4.78, 5) is 53.9. The van der Waals surface area contributed by atoms with Crippen molar-refractivity contribution in [2.45, 2.75) is 64.9 Å².